The number of anilines is 1. The molecule has 0 aromatic heterocycles. The van der Waals surface area contributed by atoms with Gasteiger partial charge < -0.3 is 5.32 Å². The van der Waals surface area contributed by atoms with Crippen molar-refractivity contribution in [1.82, 2.24) is 9.21 Å². The molecule has 8 heteroatoms. The number of rotatable bonds is 6. The van der Waals surface area contributed by atoms with E-state index in [9.17, 15) is 13.2 Å². The molecule has 2 saturated heterocycles. The highest BCUT2D eigenvalue weighted by Crippen LogP contribution is 2.26. The van der Waals surface area contributed by atoms with Crippen molar-refractivity contribution >= 4 is 33.2 Å². The monoisotopic (exact) mass is 489 g/mol. The summed E-state index contributed by atoms with van der Waals surface area (Å²) in [6.45, 7) is 6.47. The molecule has 0 saturated carbocycles. The van der Waals surface area contributed by atoms with E-state index in [1.165, 1.54) is 40.9 Å². The van der Waals surface area contributed by atoms with E-state index in [4.69, 9.17) is 11.6 Å². The lowest BCUT2D eigenvalue weighted by Crippen LogP contribution is -2.35. The number of carbonyl (C=O) groups is 1. The van der Waals surface area contributed by atoms with Crippen LogP contribution < -0.4 is 5.32 Å². The van der Waals surface area contributed by atoms with Crippen molar-refractivity contribution in [1.29, 1.82) is 0 Å². The first kappa shape index (κ1) is 24.2. The third kappa shape index (κ3) is 5.96. The summed E-state index contributed by atoms with van der Waals surface area (Å²) >= 11 is 6.26. The molecule has 0 aliphatic carbocycles. The van der Waals surface area contributed by atoms with Crippen LogP contribution in [0.4, 0.5) is 5.69 Å². The predicted molar refractivity (Wildman–Crippen MR) is 132 cm³/mol. The second-order valence-corrected chi connectivity index (χ2v) is 11.6. The Bertz CT molecular complexity index is 1070. The van der Waals surface area contributed by atoms with Crippen LogP contribution in [0.15, 0.2) is 47.4 Å². The molecule has 0 radical (unpaired) electrons. The van der Waals surface area contributed by atoms with Crippen molar-refractivity contribution in [3.63, 3.8) is 0 Å². The fourth-order valence-electron chi connectivity index (χ4n) is 4.46. The van der Waals surface area contributed by atoms with E-state index in [-0.39, 0.29) is 15.5 Å². The van der Waals surface area contributed by atoms with Gasteiger partial charge in [-0.15, -0.1) is 0 Å². The Labute approximate surface area is 202 Å². The van der Waals surface area contributed by atoms with Gasteiger partial charge in [0.1, 0.15) is 0 Å². The van der Waals surface area contributed by atoms with E-state index in [1.54, 1.807) is 0 Å². The first-order valence-electron chi connectivity index (χ1n) is 11.8. The minimum Gasteiger partial charge on any atom is -0.322 e. The van der Waals surface area contributed by atoms with Crippen LogP contribution in [0.5, 0.6) is 0 Å². The van der Waals surface area contributed by atoms with Crippen molar-refractivity contribution in [2.24, 2.45) is 5.92 Å². The van der Waals surface area contributed by atoms with Crippen LogP contribution >= 0.6 is 11.6 Å². The third-order valence-electron chi connectivity index (χ3n) is 6.63. The second-order valence-electron chi connectivity index (χ2n) is 9.22. The number of halogens is 1. The summed E-state index contributed by atoms with van der Waals surface area (Å²) in [6.07, 6.45) is 5.22. The lowest BCUT2D eigenvalue weighted by atomic mass is 9.99. The number of benzene rings is 2. The number of carbonyl (C=O) groups excluding carboxylic acids is 1. The molecule has 2 fully saturated rings. The maximum atomic E-state index is 13.0. The summed E-state index contributed by atoms with van der Waals surface area (Å²) in [5.74, 6) is 0.382. The first-order valence-corrected chi connectivity index (χ1v) is 13.6. The summed E-state index contributed by atoms with van der Waals surface area (Å²) in [7, 11) is -3.64. The van der Waals surface area contributed by atoms with Crippen molar-refractivity contribution < 1.29 is 13.2 Å². The van der Waals surface area contributed by atoms with Gasteiger partial charge in [0.15, 0.2) is 0 Å². The zero-order chi connectivity index (χ0) is 23.4. The van der Waals surface area contributed by atoms with Crippen LogP contribution in [0.25, 0.3) is 0 Å². The highest BCUT2D eigenvalue weighted by atomic mass is 35.5. The maximum Gasteiger partial charge on any atom is 0.257 e. The Hall–Kier alpha value is -1.93. The number of amides is 1. The standard InChI is InChI=1S/C25H32ClN3O3S/c1-19-11-15-28(16-12-19)18-20-5-7-21(8-6-20)27-25(30)23-17-22(9-10-24(23)26)33(31,32)29-13-3-2-4-14-29/h5-10,17,19H,2-4,11-16,18H2,1H3,(H,27,30). The van der Waals surface area contributed by atoms with Crippen LogP contribution in [-0.4, -0.2) is 49.7 Å². The minimum absolute atomic E-state index is 0.102. The average molecular weight is 490 g/mol. The molecule has 2 heterocycles. The average Bonchev–Trinajstić information content (AvgIpc) is 2.82. The molecule has 2 aliphatic heterocycles. The molecular weight excluding hydrogens is 458 g/mol. The van der Waals surface area contributed by atoms with Gasteiger partial charge in [-0.2, -0.15) is 4.31 Å². The summed E-state index contributed by atoms with van der Waals surface area (Å²) in [4.78, 5) is 15.5. The molecule has 6 nitrogen and oxygen atoms in total. The van der Waals surface area contributed by atoms with E-state index < -0.39 is 15.9 Å². The van der Waals surface area contributed by atoms with E-state index in [1.807, 2.05) is 24.3 Å². The Kier molecular flexibility index (Phi) is 7.74. The molecule has 1 N–H and O–H groups in total. The van der Waals surface area contributed by atoms with Crippen LogP contribution in [0, 0.1) is 5.92 Å². The summed E-state index contributed by atoms with van der Waals surface area (Å²) < 4.78 is 27.5. The summed E-state index contributed by atoms with van der Waals surface area (Å²) in [5, 5.41) is 3.07. The maximum absolute atomic E-state index is 13.0. The van der Waals surface area contributed by atoms with Crippen LogP contribution in [-0.2, 0) is 16.6 Å². The van der Waals surface area contributed by atoms with Crippen molar-refractivity contribution in [2.45, 2.75) is 50.5 Å². The van der Waals surface area contributed by atoms with Gasteiger partial charge in [0, 0.05) is 25.3 Å². The molecule has 178 valence electrons. The van der Waals surface area contributed by atoms with Crippen molar-refractivity contribution in [3.8, 4) is 0 Å². The highest BCUT2D eigenvalue weighted by molar-refractivity contribution is 7.89. The van der Waals surface area contributed by atoms with Gasteiger partial charge in [-0.1, -0.05) is 37.1 Å². The Morgan fingerprint density at radius 3 is 2.33 bits per heavy atom. The van der Waals surface area contributed by atoms with Gasteiger partial charge in [0.05, 0.1) is 15.5 Å². The van der Waals surface area contributed by atoms with Gasteiger partial charge in [0.25, 0.3) is 5.91 Å². The van der Waals surface area contributed by atoms with Crippen molar-refractivity contribution in [2.75, 3.05) is 31.5 Å². The number of piperidine rings is 2. The second kappa shape index (κ2) is 10.6. The summed E-state index contributed by atoms with van der Waals surface area (Å²) in [6, 6.07) is 12.1. The molecule has 0 bridgehead atoms. The molecule has 4 rings (SSSR count). The van der Waals surface area contributed by atoms with Crippen LogP contribution in [0.1, 0.15) is 54.9 Å². The smallest absolute Gasteiger partial charge is 0.257 e. The number of nitrogens with one attached hydrogen (secondary N) is 1. The molecule has 2 aromatic carbocycles. The van der Waals surface area contributed by atoms with E-state index in [2.05, 4.69) is 17.1 Å². The molecule has 0 unspecified atom stereocenters. The zero-order valence-corrected chi connectivity index (χ0v) is 20.7. The number of hydrogen-bond acceptors (Lipinski definition) is 4. The number of nitrogens with zero attached hydrogens (tertiary/aromatic N) is 2. The minimum atomic E-state index is -3.64. The van der Waals surface area contributed by atoms with E-state index >= 15 is 0 Å². The third-order valence-corrected chi connectivity index (χ3v) is 8.85. The van der Waals surface area contributed by atoms with Crippen LogP contribution in [0.3, 0.4) is 0 Å². The van der Waals surface area contributed by atoms with E-state index in [0.717, 1.165) is 44.8 Å². The fourth-order valence-corrected chi connectivity index (χ4v) is 6.21. The van der Waals surface area contributed by atoms with Gasteiger partial charge in [-0.05, 0) is 80.6 Å². The normalized spacial score (nSPS) is 18.8. The lowest BCUT2D eigenvalue weighted by molar-refractivity contribution is 0.102. The predicted octanol–water partition coefficient (Wildman–Crippen LogP) is 5.00. The highest BCUT2D eigenvalue weighted by Gasteiger charge is 2.27. The van der Waals surface area contributed by atoms with Crippen molar-refractivity contribution in [3.05, 3.63) is 58.6 Å². The zero-order valence-electron chi connectivity index (χ0n) is 19.1. The Balaban J connectivity index is 1.43. The molecule has 0 atom stereocenters. The number of hydrogen-bond donors (Lipinski definition) is 1. The van der Waals surface area contributed by atoms with Gasteiger partial charge in [-0.25, -0.2) is 8.42 Å². The Morgan fingerprint density at radius 2 is 1.67 bits per heavy atom. The lowest BCUT2D eigenvalue weighted by Gasteiger charge is -2.30. The largest absolute Gasteiger partial charge is 0.322 e. The summed E-state index contributed by atoms with van der Waals surface area (Å²) in [5.41, 5.74) is 2.01. The first-order chi connectivity index (χ1) is 15.8. The van der Waals surface area contributed by atoms with Gasteiger partial charge in [0.2, 0.25) is 10.0 Å². The quantitative estimate of drug-likeness (QED) is 0.620. The molecule has 2 aromatic rings. The molecule has 33 heavy (non-hydrogen) atoms. The number of sulfonamides is 1. The molecular formula is C25H32ClN3O3S. The fraction of sp³-hybridized carbons (Fsp3) is 0.480. The molecule has 0 spiro atoms. The van der Waals surface area contributed by atoms with Crippen LogP contribution in [0.2, 0.25) is 5.02 Å². The molecule has 2 aliphatic rings. The van der Waals surface area contributed by atoms with Gasteiger partial charge >= 0.3 is 0 Å². The number of likely N-dealkylation sites (tertiary alicyclic amines) is 1. The topological polar surface area (TPSA) is 69.7 Å². The van der Waals surface area contributed by atoms with Gasteiger partial charge in [-0.3, -0.25) is 9.69 Å². The Morgan fingerprint density at radius 1 is 1.00 bits per heavy atom. The van der Waals surface area contributed by atoms with E-state index in [0.29, 0.717) is 18.8 Å². The SMILES string of the molecule is CC1CCN(Cc2ccc(NC(=O)c3cc(S(=O)(=O)N4CCCCC4)ccc3Cl)cc2)CC1. The molecule has 1 amide bonds.